The van der Waals surface area contributed by atoms with Gasteiger partial charge in [-0.2, -0.15) is 0 Å². The Morgan fingerprint density at radius 1 is 1.00 bits per heavy atom. The summed E-state index contributed by atoms with van der Waals surface area (Å²) in [6.07, 6.45) is 2.44. The van der Waals surface area contributed by atoms with Crippen molar-refractivity contribution in [3.05, 3.63) is 81.5 Å². The van der Waals surface area contributed by atoms with Gasteiger partial charge in [0.2, 0.25) is 0 Å². The maximum atomic E-state index is 11.1. The van der Waals surface area contributed by atoms with Crippen molar-refractivity contribution < 1.29 is 4.52 Å². The van der Waals surface area contributed by atoms with Crippen molar-refractivity contribution in [1.82, 2.24) is 20.1 Å². The third-order valence-corrected chi connectivity index (χ3v) is 4.72. The molecule has 0 unspecified atom stereocenters. The van der Waals surface area contributed by atoms with E-state index in [0.717, 1.165) is 40.1 Å². The maximum absolute atomic E-state index is 11.1. The van der Waals surface area contributed by atoms with Crippen molar-refractivity contribution in [2.45, 2.75) is 6.42 Å². The minimum Gasteiger partial charge on any atom is -0.370 e. The fourth-order valence-corrected chi connectivity index (χ4v) is 3.02. The quantitative estimate of drug-likeness (QED) is 0.474. The number of rotatable bonds is 6. The highest BCUT2D eigenvalue weighted by Gasteiger charge is 2.06. The van der Waals surface area contributed by atoms with Crippen LogP contribution in [0.1, 0.15) is 5.56 Å². The van der Waals surface area contributed by atoms with Gasteiger partial charge in [0.25, 0.3) is 0 Å². The van der Waals surface area contributed by atoms with E-state index in [-0.39, 0.29) is 0 Å². The topological polar surface area (TPSA) is 96.7 Å². The molecule has 0 saturated carbocycles. The molecule has 0 bridgehead atoms. The molecule has 140 valence electrons. The first-order chi connectivity index (χ1) is 13.7. The average molecular weight is 438 g/mol. The Bertz CT molecular complexity index is 1120. The smallest absolute Gasteiger partial charge is 0.370 e. The van der Waals surface area contributed by atoms with Gasteiger partial charge in [-0.25, -0.2) is 14.8 Å². The molecule has 2 heterocycles. The zero-order valence-electron chi connectivity index (χ0n) is 14.7. The number of nitrogens with one attached hydrogen (secondary N) is 2. The fourth-order valence-electron chi connectivity index (χ4n) is 2.75. The average Bonchev–Trinajstić information content (AvgIpc) is 3.16. The fraction of sp³-hybridized carbons (Fsp3) is 0.100. The SMILES string of the molecule is O=c1[nH]c(-c2ccc(-c3cc(NCCc4ccc(Br)cc4)ncn3)cc2)no1. The molecule has 0 amide bonds. The van der Waals surface area contributed by atoms with Gasteiger partial charge in [-0.05, 0) is 24.1 Å². The van der Waals surface area contributed by atoms with Crippen molar-refractivity contribution in [1.29, 1.82) is 0 Å². The predicted molar refractivity (Wildman–Crippen MR) is 110 cm³/mol. The monoisotopic (exact) mass is 437 g/mol. The van der Waals surface area contributed by atoms with Crippen LogP contribution >= 0.6 is 15.9 Å². The summed E-state index contributed by atoms with van der Waals surface area (Å²) in [7, 11) is 0. The van der Waals surface area contributed by atoms with Crippen LogP contribution in [0.4, 0.5) is 5.82 Å². The van der Waals surface area contributed by atoms with Gasteiger partial charge in [0.15, 0.2) is 5.82 Å². The Morgan fingerprint density at radius 2 is 1.75 bits per heavy atom. The molecule has 2 N–H and O–H groups in total. The Hall–Kier alpha value is -3.26. The standard InChI is InChI=1S/C20H16BrN5O2/c21-16-7-1-13(2-8-16)9-10-22-18-11-17(23-12-24-18)14-3-5-15(6-4-14)19-25-20(27)28-26-19/h1-8,11-12H,9-10H2,(H,22,23,24)(H,25,26,27). The number of halogens is 1. The summed E-state index contributed by atoms with van der Waals surface area (Å²) in [5.41, 5.74) is 3.76. The number of benzene rings is 2. The first kappa shape index (κ1) is 18.1. The van der Waals surface area contributed by atoms with Gasteiger partial charge in [0.1, 0.15) is 12.1 Å². The van der Waals surface area contributed by atoms with Crippen molar-refractivity contribution in [3.8, 4) is 22.6 Å². The molecular formula is C20H16BrN5O2. The number of aromatic nitrogens is 4. The van der Waals surface area contributed by atoms with Gasteiger partial charge < -0.3 is 5.32 Å². The van der Waals surface area contributed by atoms with E-state index in [1.807, 2.05) is 42.5 Å². The minimum absolute atomic E-state index is 0.398. The Balaban J connectivity index is 1.43. The largest absolute Gasteiger partial charge is 0.439 e. The normalized spacial score (nSPS) is 10.8. The van der Waals surface area contributed by atoms with E-state index >= 15 is 0 Å². The summed E-state index contributed by atoms with van der Waals surface area (Å²) < 4.78 is 5.61. The summed E-state index contributed by atoms with van der Waals surface area (Å²) in [6.45, 7) is 0.774. The van der Waals surface area contributed by atoms with E-state index in [0.29, 0.717) is 5.82 Å². The molecule has 0 fully saturated rings. The molecule has 0 atom stereocenters. The number of hydrogen-bond acceptors (Lipinski definition) is 6. The van der Waals surface area contributed by atoms with Gasteiger partial charge in [0.05, 0.1) is 5.69 Å². The summed E-state index contributed by atoms with van der Waals surface area (Å²) in [5.74, 6) is 0.593. The van der Waals surface area contributed by atoms with E-state index in [4.69, 9.17) is 0 Å². The maximum Gasteiger partial charge on any atom is 0.439 e. The zero-order valence-corrected chi connectivity index (χ0v) is 16.3. The summed E-state index contributed by atoms with van der Waals surface area (Å²) >= 11 is 3.44. The number of anilines is 1. The van der Waals surface area contributed by atoms with Gasteiger partial charge in [0, 0.05) is 28.2 Å². The van der Waals surface area contributed by atoms with Crippen LogP contribution in [0, 0.1) is 0 Å². The molecule has 0 spiro atoms. The first-order valence-corrected chi connectivity index (χ1v) is 9.44. The van der Waals surface area contributed by atoms with Crippen LogP contribution in [0.25, 0.3) is 22.6 Å². The molecular weight excluding hydrogens is 422 g/mol. The third kappa shape index (κ3) is 4.34. The molecule has 0 aliphatic heterocycles. The van der Waals surface area contributed by atoms with E-state index < -0.39 is 5.76 Å². The zero-order chi connectivity index (χ0) is 19.3. The lowest BCUT2D eigenvalue weighted by Gasteiger charge is -2.08. The molecule has 8 heteroatoms. The molecule has 0 aliphatic rings. The van der Waals surface area contributed by atoms with Crippen molar-refractivity contribution in [2.24, 2.45) is 0 Å². The van der Waals surface area contributed by atoms with E-state index in [1.54, 1.807) is 6.33 Å². The van der Waals surface area contributed by atoms with Crippen molar-refractivity contribution in [3.63, 3.8) is 0 Å². The summed E-state index contributed by atoms with van der Waals surface area (Å²) in [5, 5.41) is 7.02. The summed E-state index contributed by atoms with van der Waals surface area (Å²) in [4.78, 5) is 22.2. The van der Waals surface area contributed by atoms with Gasteiger partial charge in [-0.3, -0.25) is 9.51 Å². The second-order valence-corrected chi connectivity index (χ2v) is 7.03. The van der Waals surface area contributed by atoms with Crippen LogP contribution in [0.2, 0.25) is 0 Å². The highest BCUT2D eigenvalue weighted by Crippen LogP contribution is 2.22. The minimum atomic E-state index is -0.575. The lowest BCUT2D eigenvalue weighted by atomic mass is 10.1. The van der Waals surface area contributed by atoms with Crippen LogP contribution in [-0.2, 0) is 6.42 Å². The summed E-state index contributed by atoms with van der Waals surface area (Å²) in [6, 6.07) is 17.7. The third-order valence-electron chi connectivity index (χ3n) is 4.19. The highest BCUT2D eigenvalue weighted by atomic mass is 79.9. The Kier molecular flexibility index (Phi) is 5.29. The first-order valence-electron chi connectivity index (χ1n) is 8.64. The molecule has 4 aromatic rings. The van der Waals surface area contributed by atoms with E-state index in [1.165, 1.54) is 5.56 Å². The molecule has 7 nitrogen and oxygen atoms in total. The number of hydrogen-bond donors (Lipinski definition) is 2. The van der Waals surface area contributed by atoms with E-state index in [9.17, 15) is 4.79 Å². The Morgan fingerprint density at radius 3 is 2.46 bits per heavy atom. The van der Waals surface area contributed by atoms with Crippen LogP contribution in [0.15, 0.2) is 74.7 Å². The Labute approximate surface area is 169 Å². The molecule has 28 heavy (non-hydrogen) atoms. The second-order valence-electron chi connectivity index (χ2n) is 6.11. The van der Waals surface area contributed by atoms with Crippen LogP contribution < -0.4 is 11.1 Å². The van der Waals surface area contributed by atoms with Crippen LogP contribution in [0.3, 0.4) is 0 Å². The number of H-pyrrole nitrogens is 1. The van der Waals surface area contributed by atoms with Gasteiger partial charge >= 0.3 is 5.76 Å². The molecule has 2 aromatic heterocycles. The molecule has 0 saturated heterocycles. The lowest BCUT2D eigenvalue weighted by Crippen LogP contribution is -2.06. The lowest BCUT2D eigenvalue weighted by molar-refractivity contribution is 0.388. The number of aromatic amines is 1. The van der Waals surface area contributed by atoms with Gasteiger partial charge in [-0.1, -0.05) is 57.5 Å². The second kappa shape index (κ2) is 8.18. The van der Waals surface area contributed by atoms with Crippen LogP contribution in [-0.4, -0.2) is 26.7 Å². The molecule has 0 aliphatic carbocycles. The highest BCUT2D eigenvalue weighted by molar-refractivity contribution is 9.10. The van der Waals surface area contributed by atoms with Crippen molar-refractivity contribution >= 4 is 21.7 Å². The molecule has 0 radical (unpaired) electrons. The van der Waals surface area contributed by atoms with E-state index in [2.05, 4.69) is 58.0 Å². The molecule has 2 aromatic carbocycles. The van der Waals surface area contributed by atoms with Crippen molar-refractivity contribution in [2.75, 3.05) is 11.9 Å². The predicted octanol–water partition coefficient (Wildman–Crippen LogP) is 3.90. The van der Waals surface area contributed by atoms with Crippen LogP contribution in [0.5, 0.6) is 0 Å². The number of nitrogens with zero attached hydrogens (tertiary/aromatic N) is 3. The van der Waals surface area contributed by atoms with Gasteiger partial charge in [-0.15, -0.1) is 0 Å². The molecule has 4 rings (SSSR count).